The first-order chi connectivity index (χ1) is 12.2. The number of hydrogen-bond donors (Lipinski definition) is 1. The van der Waals surface area contributed by atoms with Crippen LogP contribution in [0.25, 0.3) is 4.96 Å². The van der Waals surface area contributed by atoms with Crippen LogP contribution in [0.5, 0.6) is 0 Å². The highest BCUT2D eigenvalue weighted by atomic mass is 32.1. The van der Waals surface area contributed by atoms with E-state index in [0.29, 0.717) is 11.0 Å². The normalized spacial score (nSPS) is 16.4. The molecule has 25 heavy (non-hydrogen) atoms. The molecule has 0 unspecified atom stereocenters. The summed E-state index contributed by atoms with van der Waals surface area (Å²) >= 11 is 1.42. The molecule has 4 rings (SSSR count). The second kappa shape index (κ2) is 6.93. The standard InChI is InChI=1S/C18H21N5OS/c1-13-11-16(24)23-18(20-13)25-17(21-23)19-12-15(22-9-5-6-10-22)14-7-3-2-4-8-14/h2-4,7-8,11,15H,5-6,9-10,12H2,1H3,(H,19,21)/t15-/m1/s1. The van der Waals surface area contributed by atoms with Crippen molar-refractivity contribution < 1.29 is 0 Å². The van der Waals surface area contributed by atoms with Gasteiger partial charge in [-0.2, -0.15) is 4.52 Å². The molecule has 1 fully saturated rings. The second-order valence-electron chi connectivity index (χ2n) is 6.39. The van der Waals surface area contributed by atoms with Crippen molar-refractivity contribution in [2.45, 2.75) is 25.8 Å². The van der Waals surface area contributed by atoms with E-state index in [9.17, 15) is 4.79 Å². The molecule has 0 amide bonds. The number of likely N-dealkylation sites (tertiary alicyclic amines) is 1. The molecule has 1 saturated heterocycles. The zero-order chi connectivity index (χ0) is 17.2. The summed E-state index contributed by atoms with van der Waals surface area (Å²) in [7, 11) is 0. The van der Waals surface area contributed by atoms with Crippen LogP contribution in [0, 0.1) is 6.92 Å². The van der Waals surface area contributed by atoms with E-state index >= 15 is 0 Å². The topological polar surface area (TPSA) is 62.5 Å². The molecule has 0 saturated carbocycles. The van der Waals surface area contributed by atoms with E-state index in [1.54, 1.807) is 0 Å². The molecule has 3 aromatic rings. The number of aromatic nitrogens is 3. The van der Waals surface area contributed by atoms with Gasteiger partial charge in [-0.3, -0.25) is 9.69 Å². The molecule has 130 valence electrons. The van der Waals surface area contributed by atoms with Crippen molar-refractivity contribution in [2.24, 2.45) is 0 Å². The van der Waals surface area contributed by atoms with Crippen LogP contribution in [0.3, 0.4) is 0 Å². The van der Waals surface area contributed by atoms with Gasteiger partial charge in [0.2, 0.25) is 10.1 Å². The van der Waals surface area contributed by atoms with E-state index < -0.39 is 0 Å². The van der Waals surface area contributed by atoms with Crippen LogP contribution < -0.4 is 10.9 Å². The molecule has 6 nitrogen and oxygen atoms in total. The van der Waals surface area contributed by atoms with E-state index in [4.69, 9.17) is 0 Å². The first kappa shape index (κ1) is 16.2. The highest BCUT2D eigenvalue weighted by Crippen LogP contribution is 2.26. The summed E-state index contributed by atoms with van der Waals surface area (Å²) in [6.45, 7) is 4.84. The largest absolute Gasteiger partial charge is 0.358 e. The van der Waals surface area contributed by atoms with E-state index in [1.165, 1.54) is 40.3 Å². The Kier molecular flexibility index (Phi) is 4.50. The van der Waals surface area contributed by atoms with Gasteiger partial charge in [-0.25, -0.2) is 4.98 Å². The Morgan fingerprint density at radius 1 is 1.24 bits per heavy atom. The lowest BCUT2D eigenvalue weighted by molar-refractivity contribution is 0.256. The minimum absolute atomic E-state index is 0.133. The van der Waals surface area contributed by atoms with Gasteiger partial charge in [0.25, 0.3) is 5.56 Å². The zero-order valence-electron chi connectivity index (χ0n) is 14.2. The molecule has 1 aliphatic rings. The number of fused-ring (bicyclic) bond motifs is 1. The molecule has 3 heterocycles. The number of benzene rings is 1. The van der Waals surface area contributed by atoms with Crippen molar-refractivity contribution in [1.29, 1.82) is 0 Å². The van der Waals surface area contributed by atoms with Gasteiger partial charge >= 0.3 is 0 Å². The average molecular weight is 355 g/mol. The van der Waals surface area contributed by atoms with Crippen molar-refractivity contribution in [2.75, 3.05) is 25.0 Å². The van der Waals surface area contributed by atoms with Gasteiger partial charge in [0.05, 0.1) is 6.04 Å². The van der Waals surface area contributed by atoms with Crippen LogP contribution in [0.4, 0.5) is 5.13 Å². The van der Waals surface area contributed by atoms with Crippen LogP contribution in [0.1, 0.15) is 30.1 Å². The maximum Gasteiger partial charge on any atom is 0.275 e. The van der Waals surface area contributed by atoms with Gasteiger partial charge < -0.3 is 5.32 Å². The first-order valence-corrected chi connectivity index (χ1v) is 9.43. The second-order valence-corrected chi connectivity index (χ2v) is 7.34. The molecule has 0 bridgehead atoms. The van der Waals surface area contributed by atoms with Crippen LogP contribution >= 0.6 is 11.3 Å². The lowest BCUT2D eigenvalue weighted by atomic mass is 10.1. The van der Waals surface area contributed by atoms with Gasteiger partial charge in [-0.15, -0.1) is 5.10 Å². The van der Waals surface area contributed by atoms with E-state index in [-0.39, 0.29) is 5.56 Å². The summed E-state index contributed by atoms with van der Waals surface area (Å²) in [6.07, 6.45) is 2.51. The Labute approximate surface area is 150 Å². The van der Waals surface area contributed by atoms with E-state index in [1.807, 2.05) is 13.0 Å². The predicted octanol–water partition coefficient (Wildman–Crippen LogP) is 2.71. The monoisotopic (exact) mass is 355 g/mol. The Morgan fingerprint density at radius 3 is 2.76 bits per heavy atom. The smallest absolute Gasteiger partial charge is 0.275 e. The minimum Gasteiger partial charge on any atom is -0.358 e. The fourth-order valence-corrected chi connectivity index (χ4v) is 4.22. The maximum atomic E-state index is 12.0. The number of nitrogens with zero attached hydrogens (tertiary/aromatic N) is 4. The van der Waals surface area contributed by atoms with Gasteiger partial charge in [0.15, 0.2) is 0 Å². The fraction of sp³-hybridized carbons (Fsp3) is 0.389. The van der Waals surface area contributed by atoms with Gasteiger partial charge in [-0.1, -0.05) is 41.7 Å². The minimum atomic E-state index is -0.133. The molecule has 2 aromatic heterocycles. The first-order valence-electron chi connectivity index (χ1n) is 8.61. The quantitative estimate of drug-likeness (QED) is 0.762. The average Bonchev–Trinajstić information content (AvgIpc) is 3.26. The van der Waals surface area contributed by atoms with Crippen LogP contribution in [-0.2, 0) is 0 Å². The molecule has 1 N–H and O–H groups in total. The Morgan fingerprint density at radius 2 is 2.00 bits per heavy atom. The molecular formula is C18H21N5OS. The highest BCUT2D eigenvalue weighted by molar-refractivity contribution is 7.20. The highest BCUT2D eigenvalue weighted by Gasteiger charge is 2.23. The van der Waals surface area contributed by atoms with E-state index in [2.05, 4.69) is 44.6 Å². The lowest BCUT2D eigenvalue weighted by Gasteiger charge is -2.28. The summed E-state index contributed by atoms with van der Waals surface area (Å²) in [5, 5.41) is 8.53. The summed E-state index contributed by atoms with van der Waals surface area (Å²) in [6, 6.07) is 12.4. The summed E-state index contributed by atoms with van der Waals surface area (Å²) in [5.74, 6) is 0. The molecule has 0 aliphatic carbocycles. The van der Waals surface area contributed by atoms with Crippen molar-refractivity contribution in [3.8, 4) is 0 Å². The SMILES string of the molecule is Cc1cc(=O)n2nc(NC[C@H](c3ccccc3)N3CCCC3)sc2n1. The van der Waals surface area contributed by atoms with Crippen molar-refractivity contribution in [3.63, 3.8) is 0 Å². The van der Waals surface area contributed by atoms with Gasteiger partial charge in [-0.05, 0) is 38.4 Å². The number of nitrogens with one attached hydrogen (secondary N) is 1. The number of anilines is 1. The zero-order valence-corrected chi connectivity index (χ0v) is 15.0. The Balaban J connectivity index is 1.57. The molecular weight excluding hydrogens is 334 g/mol. The van der Waals surface area contributed by atoms with Crippen molar-refractivity contribution in [1.82, 2.24) is 19.5 Å². The summed E-state index contributed by atoms with van der Waals surface area (Å²) < 4.78 is 1.37. The number of rotatable bonds is 5. The van der Waals surface area contributed by atoms with Crippen LogP contribution in [0.15, 0.2) is 41.2 Å². The molecule has 1 aliphatic heterocycles. The lowest BCUT2D eigenvalue weighted by Crippen LogP contribution is -2.31. The summed E-state index contributed by atoms with van der Waals surface area (Å²) in [5.41, 5.74) is 1.90. The third-order valence-corrected chi connectivity index (χ3v) is 5.45. The fourth-order valence-electron chi connectivity index (χ4n) is 3.36. The van der Waals surface area contributed by atoms with E-state index in [0.717, 1.165) is 30.5 Å². The predicted molar refractivity (Wildman–Crippen MR) is 100 cm³/mol. The molecule has 7 heteroatoms. The molecule has 1 atom stereocenters. The van der Waals surface area contributed by atoms with Gasteiger partial charge in [0.1, 0.15) is 0 Å². The molecule has 0 spiro atoms. The van der Waals surface area contributed by atoms with Crippen molar-refractivity contribution >= 4 is 21.4 Å². The Hall–Kier alpha value is -2.25. The van der Waals surface area contributed by atoms with Crippen LogP contribution in [-0.4, -0.2) is 39.1 Å². The molecule has 0 radical (unpaired) electrons. The van der Waals surface area contributed by atoms with Crippen LogP contribution in [0.2, 0.25) is 0 Å². The number of hydrogen-bond acceptors (Lipinski definition) is 6. The maximum absolute atomic E-state index is 12.0. The third-order valence-electron chi connectivity index (χ3n) is 4.59. The number of aryl methyl sites for hydroxylation is 1. The molecule has 1 aromatic carbocycles. The Bertz CT molecular complexity index is 914. The van der Waals surface area contributed by atoms with Crippen molar-refractivity contribution in [3.05, 3.63) is 58.0 Å². The third kappa shape index (κ3) is 3.43. The van der Waals surface area contributed by atoms with Gasteiger partial charge in [0, 0.05) is 18.3 Å². The summed E-state index contributed by atoms with van der Waals surface area (Å²) in [4.78, 5) is 19.5.